The van der Waals surface area contributed by atoms with Crippen LogP contribution in [0.5, 0.6) is 0 Å². The second kappa shape index (κ2) is 10.7. The summed E-state index contributed by atoms with van der Waals surface area (Å²) in [6, 6.07) is 5.91. The molecule has 13 heteroatoms. The molecule has 1 aliphatic heterocycles. The number of aryl methyl sites for hydroxylation is 1. The zero-order chi connectivity index (χ0) is 27.8. The summed E-state index contributed by atoms with van der Waals surface area (Å²) in [4.78, 5) is 31.8. The number of piperidine rings is 1. The van der Waals surface area contributed by atoms with Crippen LogP contribution in [0.1, 0.15) is 29.7 Å². The molecule has 6 nitrogen and oxygen atoms in total. The highest BCUT2D eigenvalue weighted by Gasteiger charge is 2.37. The van der Waals surface area contributed by atoms with Crippen molar-refractivity contribution < 1.29 is 31.1 Å². The van der Waals surface area contributed by atoms with E-state index < -0.39 is 70.2 Å². The van der Waals surface area contributed by atoms with Crippen molar-refractivity contribution in [3.05, 3.63) is 80.0 Å². The molecule has 1 aliphatic rings. The van der Waals surface area contributed by atoms with Crippen molar-refractivity contribution in [2.75, 3.05) is 18.0 Å². The van der Waals surface area contributed by atoms with Gasteiger partial charge in [-0.25, -0.2) is 13.8 Å². The number of halogens is 7. The van der Waals surface area contributed by atoms with Crippen LogP contribution >= 0.6 is 11.6 Å². The minimum absolute atomic E-state index is 0.00151. The van der Waals surface area contributed by atoms with Crippen LogP contribution in [0.4, 0.5) is 32.0 Å². The van der Waals surface area contributed by atoms with Crippen molar-refractivity contribution in [1.82, 2.24) is 15.3 Å². The number of carbonyl (C=O) groups excluding carboxylic acids is 1. The lowest BCUT2D eigenvalue weighted by molar-refractivity contribution is -0.137. The van der Waals surface area contributed by atoms with Gasteiger partial charge in [0.15, 0.2) is 0 Å². The highest BCUT2D eigenvalue weighted by molar-refractivity contribution is 6.30. The molecular weight excluding hydrogens is 538 g/mol. The molecule has 38 heavy (non-hydrogen) atoms. The largest absolute Gasteiger partial charge is 0.417 e. The molecule has 0 atom stereocenters. The number of aromatic amines is 1. The van der Waals surface area contributed by atoms with Gasteiger partial charge in [0.05, 0.1) is 21.8 Å². The Morgan fingerprint density at radius 2 is 1.82 bits per heavy atom. The zero-order valence-corrected chi connectivity index (χ0v) is 20.6. The van der Waals surface area contributed by atoms with Gasteiger partial charge in [0.25, 0.3) is 5.56 Å². The third-order valence-corrected chi connectivity index (χ3v) is 6.69. The molecule has 1 saturated heterocycles. The number of hydrogen-bond donors (Lipinski definition) is 2. The van der Waals surface area contributed by atoms with Gasteiger partial charge >= 0.3 is 6.18 Å². The van der Waals surface area contributed by atoms with E-state index in [1.165, 1.54) is 12.1 Å². The average molecular weight is 559 g/mol. The van der Waals surface area contributed by atoms with Crippen molar-refractivity contribution in [2.45, 2.75) is 32.5 Å². The van der Waals surface area contributed by atoms with E-state index in [1.54, 1.807) is 6.07 Å². The van der Waals surface area contributed by atoms with Gasteiger partial charge in [-0.1, -0.05) is 17.7 Å². The summed E-state index contributed by atoms with van der Waals surface area (Å²) in [5.41, 5.74) is -3.96. The molecule has 1 fully saturated rings. The lowest BCUT2D eigenvalue weighted by Gasteiger charge is -2.33. The standard InChI is InChI=1S/C25H21ClF6N4O2/c1-12-20(28)24(38)35-22(34-12)19-16(25(30,31)32)4-2-14(21(19)29)11-33-23(37)13-6-8-36(9-7-13)15-3-5-17(26)18(27)10-15/h2-5,10,13H,6-9,11H2,1H3,(H,33,37)(H,34,35,38). The summed E-state index contributed by atoms with van der Waals surface area (Å²) in [6.45, 7) is 1.53. The van der Waals surface area contributed by atoms with Gasteiger partial charge in [-0.05, 0) is 44.0 Å². The van der Waals surface area contributed by atoms with Crippen LogP contribution in [0.25, 0.3) is 11.4 Å². The number of amides is 1. The van der Waals surface area contributed by atoms with E-state index >= 15 is 4.39 Å². The summed E-state index contributed by atoms with van der Waals surface area (Å²) in [5.74, 6) is -4.85. The number of benzene rings is 2. The maximum atomic E-state index is 15.4. The molecule has 2 aromatic carbocycles. The molecular formula is C25H21ClF6N4O2. The van der Waals surface area contributed by atoms with Gasteiger partial charge in [0.2, 0.25) is 11.7 Å². The highest BCUT2D eigenvalue weighted by atomic mass is 35.5. The maximum Gasteiger partial charge on any atom is 0.417 e. The minimum Gasteiger partial charge on any atom is -0.371 e. The van der Waals surface area contributed by atoms with Crippen molar-refractivity contribution in [1.29, 1.82) is 0 Å². The maximum absolute atomic E-state index is 15.4. The van der Waals surface area contributed by atoms with E-state index in [1.807, 2.05) is 9.88 Å². The number of carbonyl (C=O) groups is 1. The quantitative estimate of drug-likeness (QED) is 0.413. The monoisotopic (exact) mass is 558 g/mol. The van der Waals surface area contributed by atoms with Gasteiger partial charge < -0.3 is 15.2 Å². The van der Waals surface area contributed by atoms with Crippen LogP contribution < -0.4 is 15.8 Å². The lowest BCUT2D eigenvalue weighted by Crippen LogP contribution is -2.40. The summed E-state index contributed by atoms with van der Waals surface area (Å²) in [6.07, 6.45) is -4.17. The molecule has 0 bridgehead atoms. The topological polar surface area (TPSA) is 78.1 Å². The number of rotatable bonds is 5. The highest BCUT2D eigenvalue weighted by Crippen LogP contribution is 2.38. The van der Waals surface area contributed by atoms with E-state index in [0.717, 1.165) is 13.0 Å². The van der Waals surface area contributed by atoms with Gasteiger partial charge in [-0.2, -0.15) is 17.6 Å². The fourth-order valence-electron chi connectivity index (χ4n) is 4.32. The van der Waals surface area contributed by atoms with Crippen LogP contribution in [0.3, 0.4) is 0 Å². The number of H-pyrrole nitrogens is 1. The molecule has 0 spiro atoms. The Morgan fingerprint density at radius 3 is 2.42 bits per heavy atom. The summed E-state index contributed by atoms with van der Waals surface area (Å²) >= 11 is 5.71. The normalized spacial score (nSPS) is 14.6. The second-order valence-electron chi connectivity index (χ2n) is 8.85. The SMILES string of the molecule is Cc1nc(-c2c(C(F)(F)F)ccc(CNC(=O)C3CCN(c4ccc(Cl)c(F)c4)CC3)c2F)[nH]c(=O)c1F. The predicted octanol–water partition coefficient (Wildman–Crippen LogP) is 5.37. The number of hydrogen-bond acceptors (Lipinski definition) is 4. The van der Waals surface area contributed by atoms with Crippen LogP contribution in [0, 0.1) is 30.3 Å². The molecule has 2 N–H and O–H groups in total. The van der Waals surface area contributed by atoms with Crippen molar-refractivity contribution >= 4 is 23.2 Å². The van der Waals surface area contributed by atoms with Crippen molar-refractivity contribution in [2.24, 2.45) is 5.92 Å². The third-order valence-electron chi connectivity index (χ3n) is 6.38. The fourth-order valence-corrected chi connectivity index (χ4v) is 4.44. The van der Waals surface area contributed by atoms with E-state index in [0.29, 0.717) is 37.7 Å². The van der Waals surface area contributed by atoms with Gasteiger partial charge in [-0.3, -0.25) is 9.59 Å². The Bertz CT molecular complexity index is 1430. The second-order valence-corrected chi connectivity index (χ2v) is 9.26. The Labute approximate surface area is 217 Å². The van der Waals surface area contributed by atoms with Gasteiger partial charge in [-0.15, -0.1) is 0 Å². The summed E-state index contributed by atoms with van der Waals surface area (Å²) in [7, 11) is 0. The first kappa shape index (κ1) is 27.5. The molecule has 0 unspecified atom stereocenters. The number of alkyl halides is 3. The summed E-state index contributed by atoms with van der Waals surface area (Å²) in [5, 5.41) is 2.54. The van der Waals surface area contributed by atoms with Gasteiger partial charge in [0.1, 0.15) is 17.5 Å². The van der Waals surface area contributed by atoms with E-state index in [-0.39, 0.29) is 10.6 Å². The Morgan fingerprint density at radius 1 is 1.13 bits per heavy atom. The number of nitrogens with one attached hydrogen (secondary N) is 2. The fraction of sp³-hybridized carbons (Fsp3) is 0.320. The lowest BCUT2D eigenvalue weighted by atomic mass is 9.95. The molecule has 2 heterocycles. The molecule has 0 radical (unpaired) electrons. The van der Waals surface area contributed by atoms with Gasteiger partial charge in [0, 0.05) is 36.8 Å². The van der Waals surface area contributed by atoms with Crippen LogP contribution in [0.2, 0.25) is 5.02 Å². The van der Waals surface area contributed by atoms with Crippen LogP contribution in [-0.4, -0.2) is 29.0 Å². The zero-order valence-electron chi connectivity index (χ0n) is 19.9. The summed E-state index contributed by atoms with van der Waals surface area (Å²) < 4.78 is 83.7. The Kier molecular flexibility index (Phi) is 7.73. The Balaban J connectivity index is 1.50. The smallest absolute Gasteiger partial charge is 0.371 e. The molecule has 1 amide bonds. The van der Waals surface area contributed by atoms with Crippen LogP contribution in [0.15, 0.2) is 35.1 Å². The predicted molar refractivity (Wildman–Crippen MR) is 128 cm³/mol. The van der Waals surface area contributed by atoms with Crippen molar-refractivity contribution in [3.63, 3.8) is 0 Å². The average Bonchev–Trinajstić information content (AvgIpc) is 2.87. The Hall–Kier alpha value is -3.54. The molecule has 0 aliphatic carbocycles. The number of nitrogens with zero attached hydrogens (tertiary/aromatic N) is 2. The minimum atomic E-state index is -5.00. The third kappa shape index (κ3) is 5.64. The molecule has 3 aromatic rings. The van der Waals surface area contributed by atoms with Crippen LogP contribution in [-0.2, 0) is 17.5 Å². The van der Waals surface area contributed by atoms with E-state index in [4.69, 9.17) is 11.6 Å². The molecule has 0 saturated carbocycles. The molecule has 1 aromatic heterocycles. The first-order chi connectivity index (χ1) is 17.9. The van der Waals surface area contributed by atoms with Crippen molar-refractivity contribution in [3.8, 4) is 11.4 Å². The number of anilines is 1. The first-order valence-electron chi connectivity index (χ1n) is 11.5. The molecule has 202 valence electrons. The van der Waals surface area contributed by atoms with E-state index in [2.05, 4.69) is 10.3 Å². The molecule has 4 rings (SSSR count). The number of aromatic nitrogens is 2. The first-order valence-corrected chi connectivity index (χ1v) is 11.9. The van der Waals surface area contributed by atoms with E-state index in [9.17, 15) is 31.5 Å².